The minimum Gasteiger partial charge on any atom is -0.316 e. The number of nitrogens with one attached hydrogen (secondary N) is 1. The molecule has 0 saturated heterocycles. The molecule has 62 valence electrons. The Balaban J connectivity index is 3.81. The quantitative estimate of drug-likeness (QED) is 0.662. The summed E-state index contributed by atoms with van der Waals surface area (Å²) in [7, 11) is 1.23. The minimum absolute atomic E-state index is 0.259. The smallest absolute Gasteiger partial charge is 0.0470 e. The fourth-order valence-corrected chi connectivity index (χ4v) is 1.84. The Bertz CT molecular complexity index is 116. The van der Waals surface area contributed by atoms with Gasteiger partial charge in [0.1, 0.15) is 0 Å². The average molecular weight is 163 g/mol. The first-order valence-electron chi connectivity index (χ1n) is 3.67. The van der Waals surface area contributed by atoms with Crippen LogP contribution in [0.5, 0.6) is 0 Å². The summed E-state index contributed by atoms with van der Waals surface area (Å²) in [5.74, 6) is 0.757. The Morgan fingerprint density at radius 3 is 2.30 bits per heavy atom. The van der Waals surface area contributed by atoms with E-state index >= 15 is 0 Å². The largest absolute Gasteiger partial charge is 0.316 e. The molecule has 0 spiro atoms. The van der Waals surface area contributed by atoms with Crippen LogP contribution in [0.2, 0.25) is 0 Å². The van der Waals surface area contributed by atoms with Crippen LogP contribution in [0.25, 0.3) is 0 Å². The van der Waals surface area contributed by atoms with E-state index in [4.69, 9.17) is 0 Å². The van der Waals surface area contributed by atoms with Gasteiger partial charge in [0.25, 0.3) is 0 Å². The van der Waals surface area contributed by atoms with Crippen LogP contribution in [-0.2, 0) is 10.8 Å². The van der Waals surface area contributed by atoms with E-state index in [1.165, 1.54) is 0 Å². The van der Waals surface area contributed by atoms with Crippen molar-refractivity contribution < 1.29 is 4.21 Å². The second-order valence-electron chi connectivity index (χ2n) is 2.45. The molecule has 0 bridgehead atoms. The summed E-state index contributed by atoms with van der Waals surface area (Å²) >= 11 is 0. The average Bonchev–Trinajstić information content (AvgIpc) is 2.00. The van der Waals surface area contributed by atoms with Crippen LogP contribution in [0.3, 0.4) is 0 Å². The van der Waals surface area contributed by atoms with Gasteiger partial charge in [0.05, 0.1) is 0 Å². The predicted octanol–water partition coefficient (Wildman–Crippen LogP) is 0.751. The zero-order valence-electron chi connectivity index (χ0n) is 7.18. The molecule has 0 rings (SSSR count). The molecule has 3 atom stereocenters. The standard InChI is InChI=1S/C7H17NOS/c1-5-10(9)7(3)6(2)8-4/h6-8H,5H2,1-4H3. The van der Waals surface area contributed by atoms with Crippen LogP contribution >= 0.6 is 0 Å². The maximum absolute atomic E-state index is 11.2. The molecule has 2 nitrogen and oxygen atoms in total. The van der Waals surface area contributed by atoms with Gasteiger partial charge >= 0.3 is 0 Å². The lowest BCUT2D eigenvalue weighted by Gasteiger charge is -2.17. The molecule has 0 aliphatic carbocycles. The summed E-state index contributed by atoms with van der Waals surface area (Å²) in [5.41, 5.74) is 0. The lowest BCUT2D eigenvalue weighted by atomic mass is 10.3. The van der Waals surface area contributed by atoms with E-state index in [2.05, 4.69) is 12.2 Å². The van der Waals surface area contributed by atoms with Gasteiger partial charge in [-0.25, -0.2) is 0 Å². The van der Waals surface area contributed by atoms with Crippen molar-refractivity contribution in [2.75, 3.05) is 12.8 Å². The minimum atomic E-state index is -0.664. The first-order valence-corrected chi connectivity index (χ1v) is 5.06. The third kappa shape index (κ3) is 2.80. The summed E-state index contributed by atoms with van der Waals surface area (Å²) in [4.78, 5) is 0. The van der Waals surface area contributed by atoms with Crippen molar-refractivity contribution in [2.24, 2.45) is 0 Å². The first-order chi connectivity index (χ1) is 4.63. The van der Waals surface area contributed by atoms with Crippen molar-refractivity contribution in [3.8, 4) is 0 Å². The van der Waals surface area contributed by atoms with E-state index in [0.717, 1.165) is 5.75 Å². The molecular weight excluding hydrogens is 146 g/mol. The van der Waals surface area contributed by atoms with Crippen LogP contribution in [0.4, 0.5) is 0 Å². The molecule has 0 fully saturated rings. The fraction of sp³-hybridized carbons (Fsp3) is 1.00. The van der Waals surface area contributed by atoms with E-state index in [1.807, 2.05) is 20.9 Å². The van der Waals surface area contributed by atoms with Crippen LogP contribution in [-0.4, -0.2) is 28.3 Å². The molecule has 0 heterocycles. The number of hydrogen-bond acceptors (Lipinski definition) is 2. The van der Waals surface area contributed by atoms with Crippen molar-refractivity contribution in [1.82, 2.24) is 5.32 Å². The van der Waals surface area contributed by atoms with Crippen LogP contribution in [0.1, 0.15) is 20.8 Å². The van der Waals surface area contributed by atoms with Gasteiger partial charge in [-0.05, 0) is 20.9 Å². The van der Waals surface area contributed by atoms with Crippen LogP contribution in [0.15, 0.2) is 0 Å². The molecule has 0 amide bonds. The van der Waals surface area contributed by atoms with Gasteiger partial charge in [-0.15, -0.1) is 0 Å². The van der Waals surface area contributed by atoms with Gasteiger partial charge in [0, 0.05) is 27.8 Å². The Morgan fingerprint density at radius 1 is 1.50 bits per heavy atom. The first kappa shape index (κ1) is 10.1. The van der Waals surface area contributed by atoms with Crippen molar-refractivity contribution >= 4 is 10.8 Å². The highest BCUT2D eigenvalue weighted by atomic mass is 32.2. The van der Waals surface area contributed by atoms with Crippen molar-refractivity contribution in [1.29, 1.82) is 0 Å². The van der Waals surface area contributed by atoms with Crippen molar-refractivity contribution in [3.05, 3.63) is 0 Å². The van der Waals surface area contributed by atoms with Gasteiger partial charge in [-0.3, -0.25) is 4.21 Å². The van der Waals surface area contributed by atoms with E-state index in [-0.39, 0.29) is 5.25 Å². The zero-order chi connectivity index (χ0) is 8.15. The second-order valence-corrected chi connectivity index (χ2v) is 4.53. The van der Waals surface area contributed by atoms with E-state index in [1.54, 1.807) is 0 Å². The summed E-state index contributed by atoms with van der Waals surface area (Å²) in [6.45, 7) is 6.02. The highest BCUT2D eigenvalue weighted by Crippen LogP contribution is 2.00. The van der Waals surface area contributed by atoms with Crippen molar-refractivity contribution in [3.63, 3.8) is 0 Å². The molecule has 0 aliphatic heterocycles. The highest BCUT2D eigenvalue weighted by molar-refractivity contribution is 7.85. The topological polar surface area (TPSA) is 29.1 Å². The Morgan fingerprint density at radius 2 is 2.00 bits per heavy atom. The Kier molecular flexibility index (Phi) is 4.91. The summed E-state index contributed by atoms with van der Waals surface area (Å²) in [6, 6.07) is 0.348. The Hall–Kier alpha value is 0.110. The number of rotatable bonds is 4. The molecule has 0 radical (unpaired) electrons. The summed E-state index contributed by atoms with van der Waals surface area (Å²) < 4.78 is 11.2. The SMILES string of the molecule is CCS(=O)C(C)C(C)NC. The molecular formula is C7H17NOS. The maximum atomic E-state index is 11.2. The Labute approximate surface area is 65.9 Å². The summed E-state index contributed by atoms with van der Waals surface area (Å²) in [5, 5.41) is 3.35. The third-order valence-corrected chi connectivity index (χ3v) is 3.67. The molecule has 0 aromatic rings. The lowest BCUT2D eigenvalue weighted by molar-refractivity contribution is 0.584. The van der Waals surface area contributed by atoms with E-state index in [9.17, 15) is 4.21 Å². The molecule has 3 unspecified atom stereocenters. The monoisotopic (exact) mass is 163 g/mol. The van der Waals surface area contributed by atoms with Gasteiger partial charge in [-0.2, -0.15) is 0 Å². The lowest BCUT2D eigenvalue weighted by Crippen LogP contribution is -2.36. The predicted molar refractivity (Wildman–Crippen MR) is 46.7 cm³/mol. The maximum Gasteiger partial charge on any atom is 0.0470 e. The normalized spacial score (nSPS) is 20.0. The number of hydrogen-bond donors (Lipinski definition) is 1. The highest BCUT2D eigenvalue weighted by Gasteiger charge is 2.14. The third-order valence-electron chi connectivity index (χ3n) is 1.86. The van der Waals surface area contributed by atoms with Crippen LogP contribution < -0.4 is 5.32 Å². The molecule has 1 N–H and O–H groups in total. The van der Waals surface area contributed by atoms with Gasteiger partial charge < -0.3 is 5.32 Å². The fourth-order valence-electron chi connectivity index (χ4n) is 0.725. The van der Waals surface area contributed by atoms with E-state index < -0.39 is 10.8 Å². The molecule has 0 aromatic heterocycles. The zero-order valence-corrected chi connectivity index (χ0v) is 7.99. The molecule has 0 aliphatic rings. The molecule has 3 heteroatoms. The van der Waals surface area contributed by atoms with Crippen LogP contribution in [0, 0.1) is 0 Å². The molecule has 0 saturated carbocycles. The van der Waals surface area contributed by atoms with Crippen molar-refractivity contribution in [2.45, 2.75) is 32.1 Å². The van der Waals surface area contributed by atoms with Gasteiger partial charge in [0.2, 0.25) is 0 Å². The van der Waals surface area contributed by atoms with Gasteiger partial charge in [0.15, 0.2) is 0 Å². The van der Waals surface area contributed by atoms with Gasteiger partial charge in [-0.1, -0.05) is 6.92 Å². The molecule has 10 heavy (non-hydrogen) atoms. The summed E-state index contributed by atoms with van der Waals surface area (Å²) in [6.07, 6.45) is 0. The molecule has 0 aromatic carbocycles. The second kappa shape index (κ2) is 4.85. The van der Waals surface area contributed by atoms with E-state index in [0.29, 0.717) is 6.04 Å².